The molecular formula is C12H16ClNO4S. The molecule has 2 N–H and O–H groups in total. The number of rotatable bonds is 6. The van der Waals surface area contributed by atoms with Gasteiger partial charge in [-0.15, -0.1) is 0 Å². The van der Waals surface area contributed by atoms with Crippen molar-refractivity contribution in [3.8, 4) is 0 Å². The first-order valence-corrected chi connectivity index (χ1v) is 7.59. The van der Waals surface area contributed by atoms with Crippen LogP contribution in [0, 0.1) is 5.92 Å². The van der Waals surface area contributed by atoms with Crippen LogP contribution in [0.4, 0.5) is 0 Å². The smallest absolute Gasteiger partial charge is 0.321 e. The molecule has 5 nitrogen and oxygen atoms in total. The first kappa shape index (κ1) is 15.9. The zero-order valence-corrected chi connectivity index (χ0v) is 12.2. The topological polar surface area (TPSA) is 83.5 Å². The Morgan fingerprint density at radius 3 is 2.26 bits per heavy atom. The molecule has 1 rings (SSSR count). The molecule has 0 aliphatic carbocycles. The van der Waals surface area contributed by atoms with Gasteiger partial charge >= 0.3 is 5.97 Å². The van der Waals surface area contributed by atoms with Gasteiger partial charge in [0.25, 0.3) is 0 Å². The second-order valence-electron chi connectivity index (χ2n) is 4.60. The number of carbonyl (C=O) groups is 1. The van der Waals surface area contributed by atoms with Gasteiger partial charge in [-0.1, -0.05) is 25.4 Å². The van der Waals surface area contributed by atoms with Crippen molar-refractivity contribution in [2.45, 2.75) is 31.2 Å². The van der Waals surface area contributed by atoms with E-state index in [1.54, 1.807) is 0 Å². The number of hydrogen-bond acceptors (Lipinski definition) is 3. The van der Waals surface area contributed by atoms with E-state index in [0.717, 1.165) is 0 Å². The normalized spacial score (nSPS) is 13.5. The molecule has 0 amide bonds. The fourth-order valence-corrected chi connectivity index (χ4v) is 2.87. The Hall–Kier alpha value is -1.11. The predicted octanol–water partition coefficient (Wildman–Crippen LogP) is 2.12. The summed E-state index contributed by atoms with van der Waals surface area (Å²) in [5, 5.41) is 9.44. The number of sulfonamides is 1. The van der Waals surface area contributed by atoms with Gasteiger partial charge in [0, 0.05) is 5.02 Å². The number of aliphatic carboxylic acids is 1. The SMILES string of the molecule is CC(C)C[C@H](NS(=O)(=O)c1ccc(Cl)cc1)C(=O)O. The summed E-state index contributed by atoms with van der Waals surface area (Å²) in [6.45, 7) is 3.65. The van der Waals surface area contributed by atoms with Gasteiger partial charge in [-0.2, -0.15) is 4.72 Å². The first-order valence-electron chi connectivity index (χ1n) is 5.73. The van der Waals surface area contributed by atoms with E-state index in [1.807, 2.05) is 13.8 Å². The molecule has 0 aromatic heterocycles. The Morgan fingerprint density at radius 1 is 1.32 bits per heavy atom. The highest BCUT2D eigenvalue weighted by molar-refractivity contribution is 7.89. The van der Waals surface area contributed by atoms with Crippen LogP contribution in [0.25, 0.3) is 0 Å². The Labute approximate surface area is 117 Å². The number of halogens is 1. The summed E-state index contributed by atoms with van der Waals surface area (Å²) >= 11 is 5.68. The molecule has 0 bridgehead atoms. The minimum atomic E-state index is -3.86. The van der Waals surface area contributed by atoms with E-state index >= 15 is 0 Å². The fraction of sp³-hybridized carbons (Fsp3) is 0.417. The highest BCUT2D eigenvalue weighted by Gasteiger charge is 2.25. The van der Waals surface area contributed by atoms with Crippen molar-refractivity contribution in [3.05, 3.63) is 29.3 Å². The maximum absolute atomic E-state index is 12.0. The highest BCUT2D eigenvalue weighted by atomic mass is 35.5. The quantitative estimate of drug-likeness (QED) is 0.843. The summed E-state index contributed by atoms with van der Waals surface area (Å²) in [6.07, 6.45) is 0.224. The van der Waals surface area contributed by atoms with Gasteiger partial charge < -0.3 is 5.11 Å². The molecule has 7 heteroatoms. The van der Waals surface area contributed by atoms with E-state index < -0.39 is 22.0 Å². The van der Waals surface area contributed by atoms with Crippen LogP contribution in [0.5, 0.6) is 0 Å². The van der Waals surface area contributed by atoms with E-state index in [0.29, 0.717) is 5.02 Å². The molecule has 0 unspecified atom stereocenters. The lowest BCUT2D eigenvalue weighted by Gasteiger charge is -2.16. The number of hydrogen-bond donors (Lipinski definition) is 2. The van der Waals surface area contributed by atoms with Crippen molar-refractivity contribution in [1.82, 2.24) is 4.72 Å². The molecule has 0 saturated carbocycles. The van der Waals surface area contributed by atoms with Crippen LogP contribution in [0.2, 0.25) is 5.02 Å². The fourth-order valence-electron chi connectivity index (χ4n) is 1.54. The monoisotopic (exact) mass is 305 g/mol. The van der Waals surface area contributed by atoms with Crippen molar-refractivity contribution in [3.63, 3.8) is 0 Å². The average Bonchev–Trinajstić information content (AvgIpc) is 2.27. The summed E-state index contributed by atoms with van der Waals surface area (Å²) in [5.74, 6) is -1.12. The first-order chi connectivity index (χ1) is 8.72. The molecule has 1 aromatic rings. The molecule has 1 atom stereocenters. The molecule has 0 heterocycles. The molecule has 106 valence electrons. The van der Waals surface area contributed by atoms with E-state index in [4.69, 9.17) is 16.7 Å². The summed E-state index contributed by atoms with van der Waals surface area (Å²) < 4.78 is 26.2. The van der Waals surface area contributed by atoms with Gasteiger partial charge in [0.2, 0.25) is 10.0 Å². The number of nitrogens with one attached hydrogen (secondary N) is 1. The molecule has 1 aromatic carbocycles. The van der Waals surface area contributed by atoms with Crippen LogP contribution < -0.4 is 4.72 Å². The van der Waals surface area contributed by atoms with Crippen molar-refractivity contribution < 1.29 is 18.3 Å². The maximum atomic E-state index is 12.0. The Kier molecular flexibility index (Phi) is 5.34. The van der Waals surface area contributed by atoms with Crippen LogP contribution in [0.1, 0.15) is 20.3 Å². The van der Waals surface area contributed by atoms with Crippen molar-refractivity contribution in [2.75, 3.05) is 0 Å². The van der Waals surface area contributed by atoms with Crippen LogP contribution in [-0.2, 0) is 14.8 Å². The molecular weight excluding hydrogens is 290 g/mol. The Balaban J connectivity index is 2.94. The van der Waals surface area contributed by atoms with Gasteiger partial charge in [-0.25, -0.2) is 8.42 Å². The van der Waals surface area contributed by atoms with Crippen molar-refractivity contribution in [1.29, 1.82) is 0 Å². The van der Waals surface area contributed by atoms with Crippen LogP contribution in [-0.4, -0.2) is 25.5 Å². The average molecular weight is 306 g/mol. The highest BCUT2D eigenvalue weighted by Crippen LogP contribution is 2.15. The van der Waals surface area contributed by atoms with E-state index in [-0.39, 0.29) is 17.2 Å². The standard InChI is InChI=1S/C12H16ClNO4S/c1-8(2)7-11(12(15)16)14-19(17,18)10-5-3-9(13)4-6-10/h3-6,8,11,14H,7H2,1-2H3,(H,15,16)/t11-/m0/s1. The number of benzene rings is 1. The third-order valence-electron chi connectivity index (χ3n) is 2.43. The largest absolute Gasteiger partial charge is 0.480 e. The van der Waals surface area contributed by atoms with Crippen LogP contribution >= 0.6 is 11.6 Å². The Morgan fingerprint density at radius 2 is 1.84 bits per heavy atom. The Bertz CT molecular complexity index is 539. The summed E-state index contributed by atoms with van der Waals surface area (Å²) in [4.78, 5) is 11.0. The van der Waals surface area contributed by atoms with E-state index in [9.17, 15) is 13.2 Å². The minimum absolute atomic E-state index is 0.00749. The van der Waals surface area contributed by atoms with Gasteiger partial charge in [0.1, 0.15) is 6.04 Å². The zero-order valence-electron chi connectivity index (χ0n) is 10.6. The third-order valence-corrected chi connectivity index (χ3v) is 4.17. The summed E-state index contributed by atoms with van der Waals surface area (Å²) in [6, 6.07) is 4.40. The summed E-state index contributed by atoms with van der Waals surface area (Å²) in [5.41, 5.74) is 0. The second-order valence-corrected chi connectivity index (χ2v) is 6.75. The zero-order chi connectivity index (χ0) is 14.6. The minimum Gasteiger partial charge on any atom is -0.480 e. The molecule has 0 aliphatic heterocycles. The molecule has 0 spiro atoms. The third kappa shape index (κ3) is 4.81. The van der Waals surface area contributed by atoms with Crippen LogP contribution in [0.15, 0.2) is 29.2 Å². The van der Waals surface area contributed by atoms with Crippen molar-refractivity contribution >= 4 is 27.6 Å². The van der Waals surface area contributed by atoms with Gasteiger partial charge in [0.05, 0.1) is 4.90 Å². The molecule has 0 fully saturated rings. The van der Waals surface area contributed by atoms with E-state index in [2.05, 4.69) is 4.72 Å². The lowest BCUT2D eigenvalue weighted by Crippen LogP contribution is -2.41. The van der Waals surface area contributed by atoms with Gasteiger partial charge in [0.15, 0.2) is 0 Å². The van der Waals surface area contributed by atoms with E-state index in [1.165, 1.54) is 24.3 Å². The van der Waals surface area contributed by atoms with Gasteiger partial charge in [-0.3, -0.25) is 4.79 Å². The van der Waals surface area contributed by atoms with Crippen molar-refractivity contribution in [2.24, 2.45) is 5.92 Å². The predicted molar refractivity (Wildman–Crippen MR) is 72.7 cm³/mol. The number of carboxylic acids is 1. The lowest BCUT2D eigenvalue weighted by molar-refractivity contribution is -0.139. The lowest BCUT2D eigenvalue weighted by atomic mass is 10.1. The van der Waals surface area contributed by atoms with Gasteiger partial charge in [-0.05, 0) is 36.6 Å². The van der Waals surface area contributed by atoms with Crippen LogP contribution in [0.3, 0.4) is 0 Å². The molecule has 0 saturated heterocycles. The summed E-state index contributed by atoms with van der Waals surface area (Å²) in [7, 11) is -3.86. The maximum Gasteiger partial charge on any atom is 0.321 e. The molecule has 0 aliphatic rings. The molecule has 0 radical (unpaired) electrons. The second kappa shape index (κ2) is 6.36. The molecule has 19 heavy (non-hydrogen) atoms. The number of carboxylic acid groups (broad SMARTS) is 1.